The number of benzene rings is 1. The smallest absolute Gasteiger partial charge is 0.251 e. The van der Waals surface area contributed by atoms with Gasteiger partial charge in [-0.2, -0.15) is 0 Å². The number of primary amides is 1. The van der Waals surface area contributed by atoms with E-state index in [-0.39, 0.29) is 5.56 Å². The van der Waals surface area contributed by atoms with Crippen LogP contribution in [0.4, 0.5) is 4.39 Å². The van der Waals surface area contributed by atoms with Gasteiger partial charge in [0.05, 0.1) is 5.56 Å². The predicted octanol–water partition coefficient (Wildman–Crippen LogP) is 2.27. The Balaban J connectivity index is 2.27. The van der Waals surface area contributed by atoms with E-state index in [4.69, 9.17) is 5.73 Å². The molecule has 1 aliphatic carbocycles. The lowest BCUT2D eigenvalue weighted by molar-refractivity contribution is 0.0995. The first kappa shape index (κ1) is 10.1. The molecule has 0 spiro atoms. The van der Waals surface area contributed by atoms with E-state index in [0.29, 0.717) is 5.92 Å². The summed E-state index contributed by atoms with van der Waals surface area (Å²) in [7, 11) is 0. The molecule has 80 valence electrons. The monoisotopic (exact) mass is 207 g/mol. The number of hydrogen-bond donors (Lipinski definition) is 1. The molecule has 2 rings (SSSR count). The van der Waals surface area contributed by atoms with Crippen molar-refractivity contribution in [2.45, 2.75) is 25.7 Å². The molecule has 0 radical (unpaired) electrons. The molecule has 15 heavy (non-hydrogen) atoms. The highest BCUT2D eigenvalue weighted by molar-refractivity contribution is 5.94. The molecule has 0 atom stereocenters. The molecule has 1 aromatic carbocycles. The van der Waals surface area contributed by atoms with Crippen LogP contribution in [0.3, 0.4) is 0 Å². The van der Waals surface area contributed by atoms with E-state index in [1.807, 2.05) is 0 Å². The van der Waals surface area contributed by atoms with E-state index in [1.165, 1.54) is 25.3 Å². The third kappa shape index (κ3) is 2.01. The third-order valence-corrected chi connectivity index (χ3v) is 3.08. The van der Waals surface area contributed by atoms with Gasteiger partial charge in [-0.15, -0.1) is 0 Å². The van der Waals surface area contributed by atoms with Crippen molar-refractivity contribution in [2.24, 2.45) is 11.7 Å². The first-order chi connectivity index (χ1) is 7.18. The first-order valence-corrected chi connectivity index (χ1v) is 5.25. The Kier molecular flexibility index (Phi) is 2.71. The van der Waals surface area contributed by atoms with Crippen LogP contribution >= 0.6 is 0 Å². The number of nitrogens with two attached hydrogens (primary N) is 1. The molecule has 1 saturated carbocycles. The van der Waals surface area contributed by atoms with Crippen molar-refractivity contribution in [3.05, 3.63) is 35.1 Å². The van der Waals surface area contributed by atoms with Crippen molar-refractivity contribution < 1.29 is 9.18 Å². The average molecular weight is 207 g/mol. The van der Waals surface area contributed by atoms with Crippen molar-refractivity contribution >= 4 is 5.91 Å². The molecule has 1 aliphatic rings. The molecule has 0 saturated heterocycles. The van der Waals surface area contributed by atoms with Crippen molar-refractivity contribution in [1.29, 1.82) is 0 Å². The van der Waals surface area contributed by atoms with E-state index in [1.54, 1.807) is 12.1 Å². The molecule has 0 unspecified atom stereocenters. The van der Waals surface area contributed by atoms with Crippen molar-refractivity contribution in [3.63, 3.8) is 0 Å². The van der Waals surface area contributed by atoms with Gasteiger partial charge in [0.2, 0.25) is 0 Å². The standard InChI is InChI=1S/C12H14FNO/c13-10-6-2-5-9(11(10)12(14)15)7-8-3-1-4-8/h2,5-6,8H,1,3-4,7H2,(H2,14,15). The molecular weight excluding hydrogens is 193 g/mol. The van der Waals surface area contributed by atoms with Gasteiger partial charge in [-0.05, 0) is 24.0 Å². The fraction of sp³-hybridized carbons (Fsp3) is 0.417. The van der Waals surface area contributed by atoms with Crippen molar-refractivity contribution in [1.82, 2.24) is 0 Å². The van der Waals surface area contributed by atoms with Gasteiger partial charge in [-0.1, -0.05) is 31.4 Å². The Morgan fingerprint density at radius 3 is 2.73 bits per heavy atom. The number of halogens is 1. The molecule has 0 aliphatic heterocycles. The minimum Gasteiger partial charge on any atom is -0.365 e. The zero-order valence-electron chi connectivity index (χ0n) is 8.50. The zero-order chi connectivity index (χ0) is 10.8. The van der Waals surface area contributed by atoms with Crippen LogP contribution in [-0.4, -0.2) is 5.91 Å². The Morgan fingerprint density at radius 2 is 2.20 bits per heavy atom. The normalized spacial score (nSPS) is 16.1. The van der Waals surface area contributed by atoms with Crippen LogP contribution < -0.4 is 5.73 Å². The van der Waals surface area contributed by atoms with Gasteiger partial charge in [-0.3, -0.25) is 4.79 Å². The summed E-state index contributed by atoms with van der Waals surface area (Å²) >= 11 is 0. The molecule has 3 heteroatoms. The summed E-state index contributed by atoms with van der Waals surface area (Å²) in [5.74, 6) is -0.563. The molecule has 1 fully saturated rings. The second-order valence-corrected chi connectivity index (χ2v) is 4.14. The maximum absolute atomic E-state index is 13.4. The highest BCUT2D eigenvalue weighted by Gasteiger charge is 2.21. The number of amides is 1. The lowest BCUT2D eigenvalue weighted by Gasteiger charge is -2.25. The maximum Gasteiger partial charge on any atom is 0.251 e. The minimum absolute atomic E-state index is 0.0735. The summed E-state index contributed by atoms with van der Waals surface area (Å²) in [4.78, 5) is 11.1. The van der Waals surface area contributed by atoms with Gasteiger partial charge < -0.3 is 5.73 Å². The van der Waals surface area contributed by atoms with Crippen LogP contribution in [0.5, 0.6) is 0 Å². The highest BCUT2D eigenvalue weighted by atomic mass is 19.1. The van der Waals surface area contributed by atoms with Crippen molar-refractivity contribution in [3.8, 4) is 0 Å². The van der Waals surface area contributed by atoms with Gasteiger partial charge in [-0.25, -0.2) is 4.39 Å². The highest BCUT2D eigenvalue weighted by Crippen LogP contribution is 2.31. The van der Waals surface area contributed by atoms with Crippen LogP contribution in [0.15, 0.2) is 18.2 Å². The van der Waals surface area contributed by atoms with Crippen LogP contribution in [0.25, 0.3) is 0 Å². The van der Waals surface area contributed by atoms with E-state index < -0.39 is 11.7 Å². The lowest BCUT2D eigenvalue weighted by atomic mass is 9.80. The fourth-order valence-electron chi connectivity index (χ4n) is 2.02. The number of carbonyl (C=O) groups is 1. The maximum atomic E-state index is 13.4. The topological polar surface area (TPSA) is 43.1 Å². The Bertz CT molecular complexity index is 385. The summed E-state index contributed by atoms with van der Waals surface area (Å²) in [5, 5.41) is 0. The fourth-order valence-corrected chi connectivity index (χ4v) is 2.02. The number of hydrogen-bond acceptors (Lipinski definition) is 1. The Morgan fingerprint density at radius 1 is 1.47 bits per heavy atom. The summed E-state index contributed by atoms with van der Waals surface area (Å²) in [6, 6.07) is 4.71. The molecule has 1 aromatic rings. The molecule has 1 amide bonds. The average Bonchev–Trinajstić information content (AvgIpc) is 2.10. The van der Waals surface area contributed by atoms with Crippen molar-refractivity contribution in [2.75, 3.05) is 0 Å². The van der Waals surface area contributed by atoms with E-state index >= 15 is 0 Å². The molecule has 2 N–H and O–H groups in total. The zero-order valence-corrected chi connectivity index (χ0v) is 8.50. The van der Waals surface area contributed by atoms with Crippen LogP contribution in [-0.2, 0) is 6.42 Å². The first-order valence-electron chi connectivity index (χ1n) is 5.25. The largest absolute Gasteiger partial charge is 0.365 e. The molecule has 0 bridgehead atoms. The summed E-state index contributed by atoms with van der Waals surface area (Å²) < 4.78 is 13.4. The van der Waals surface area contributed by atoms with Gasteiger partial charge in [0, 0.05) is 0 Å². The second kappa shape index (κ2) is 4.01. The summed E-state index contributed by atoms with van der Waals surface area (Å²) in [5.41, 5.74) is 6.00. The van der Waals surface area contributed by atoms with Gasteiger partial charge in [0.1, 0.15) is 5.82 Å². The quantitative estimate of drug-likeness (QED) is 0.811. The number of rotatable bonds is 3. The van der Waals surface area contributed by atoms with E-state index in [9.17, 15) is 9.18 Å². The van der Waals surface area contributed by atoms with E-state index in [2.05, 4.69) is 0 Å². The van der Waals surface area contributed by atoms with Crippen LogP contribution in [0.2, 0.25) is 0 Å². The van der Waals surface area contributed by atoms with Gasteiger partial charge in [0.25, 0.3) is 5.91 Å². The molecule has 0 heterocycles. The minimum atomic E-state index is -0.664. The lowest BCUT2D eigenvalue weighted by Crippen LogP contribution is -2.20. The summed E-state index contributed by atoms with van der Waals surface area (Å²) in [6.07, 6.45) is 4.37. The Hall–Kier alpha value is -1.38. The van der Waals surface area contributed by atoms with Gasteiger partial charge in [0.15, 0.2) is 0 Å². The molecule has 0 aromatic heterocycles. The number of carbonyl (C=O) groups excluding carboxylic acids is 1. The van der Waals surface area contributed by atoms with Gasteiger partial charge >= 0.3 is 0 Å². The molecular formula is C12H14FNO. The predicted molar refractivity (Wildman–Crippen MR) is 56.0 cm³/mol. The molecule has 2 nitrogen and oxygen atoms in total. The third-order valence-electron chi connectivity index (χ3n) is 3.08. The van der Waals surface area contributed by atoms with Crippen LogP contribution in [0.1, 0.15) is 35.2 Å². The van der Waals surface area contributed by atoms with E-state index in [0.717, 1.165) is 12.0 Å². The summed E-state index contributed by atoms with van der Waals surface area (Å²) in [6.45, 7) is 0. The second-order valence-electron chi connectivity index (χ2n) is 4.14. The SMILES string of the molecule is NC(=O)c1c(F)cccc1CC1CCC1. The Labute approximate surface area is 88.3 Å². The van der Waals surface area contributed by atoms with Crippen LogP contribution in [0, 0.1) is 11.7 Å².